The summed E-state index contributed by atoms with van der Waals surface area (Å²) in [4.78, 5) is 138. The Balaban J connectivity index is 0.0000108. The van der Waals surface area contributed by atoms with Crippen LogP contribution in [0.3, 0.4) is 0 Å². The van der Waals surface area contributed by atoms with Crippen molar-refractivity contribution in [2.24, 2.45) is 16.7 Å². The number of phosphoric acid groups is 1. The van der Waals surface area contributed by atoms with Gasteiger partial charge in [0.15, 0.2) is 17.5 Å². The molecule has 1 unspecified atom stereocenters. The van der Waals surface area contributed by atoms with Gasteiger partial charge >= 0.3 is 73.4 Å². The van der Waals surface area contributed by atoms with Crippen LogP contribution in [-0.4, -0.2) is 119 Å². The molecule has 4 aliphatic rings. The van der Waals surface area contributed by atoms with Gasteiger partial charge in [0.2, 0.25) is 6.10 Å². The van der Waals surface area contributed by atoms with Crippen LogP contribution in [0.15, 0.2) is 114 Å². The van der Waals surface area contributed by atoms with E-state index in [0.29, 0.717) is 11.1 Å². The molecule has 8 rings (SSSR count). The van der Waals surface area contributed by atoms with Gasteiger partial charge in [0.25, 0.3) is 5.91 Å². The van der Waals surface area contributed by atoms with E-state index in [1.165, 1.54) is 65.0 Å². The third kappa shape index (κ3) is 13.5. The van der Waals surface area contributed by atoms with E-state index < -0.39 is 151 Å². The first kappa shape index (κ1) is 67.8. The van der Waals surface area contributed by atoms with Crippen molar-refractivity contribution in [3.05, 3.63) is 148 Å². The predicted molar refractivity (Wildman–Crippen MR) is 301 cm³/mol. The molecular formula is C63H71NNaO21P. The number of hydrogen-bond donors (Lipinski definition) is 3. The monoisotopic (exact) mass is 1230 g/mol. The van der Waals surface area contributed by atoms with Gasteiger partial charge in [0.1, 0.15) is 41.8 Å². The quantitative estimate of drug-likeness (QED) is 0.0411. The van der Waals surface area contributed by atoms with Gasteiger partial charge in [-0.3, -0.25) is 28.5 Å². The molecule has 1 heterocycles. The van der Waals surface area contributed by atoms with Gasteiger partial charge in [-0.25, -0.2) is 14.4 Å². The van der Waals surface area contributed by atoms with Crippen LogP contribution in [0.5, 0.6) is 5.75 Å². The molecule has 3 fully saturated rings. The van der Waals surface area contributed by atoms with Crippen LogP contribution in [0.1, 0.15) is 131 Å². The van der Waals surface area contributed by atoms with Crippen LogP contribution in [0.4, 0.5) is 4.79 Å². The van der Waals surface area contributed by atoms with E-state index in [-0.39, 0.29) is 81.7 Å². The topological polar surface area (TPSA) is 312 Å². The van der Waals surface area contributed by atoms with Crippen LogP contribution in [0.2, 0.25) is 0 Å². The molecule has 4 aromatic carbocycles. The summed E-state index contributed by atoms with van der Waals surface area (Å²) in [6.45, 7) is 15.3. The molecule has 0 aromatic heterocycles. The average Bonchev–Trinajstić information content (AvgIpc) is 0.676. The Labute approximate surface area is 525 Å². The molecule has 12 atom stereocenters. The summed E-state index contributed by atoms with van der Waals surface area (Å²) in [6.07, 6.45) is -13.7. The summed E-state index contributed by atoms with van der Waals surface area (Å²) in [5.41, 5.74) is -8.64. The summed E-state index contributed by atoms with van der Waals surface area (Å²) in [5, 5.41) is 17.2. The first-order valence-corrected chi connectivity index (χ1v) is 29.5. The van der Waals surface area contributed by atoms with Gasteiger partial charge in [-0.15, -0.1) is 0 Å². The molecule has 22 nitrogen and oxygen atoms in total. The fourth-order valence-electron chi connectivity index (χ4n) is 13.3. The summed E-state index contributed by atoms with van der Waals surface area (Å²) in [7, 11) is -5.39. The molecule has 24 heteroatoms. The third-order valence-corrected chi connectivity index (χ3v) is 17.5. The van der Waals surface area contributed by atoms with Gasteiger partial charge in [0.05, 0.1) is 36.5 Å². The van der Waals surface area contributed by atoms with Crippen molar-refractivity contribution in [2.45, 2.75) is 155 Å². The number of phosphoric ester groups is 1. The molecule has 1 saturated heterocycles. The number of aliphatic hydroxyl groups is 1. The smallest absolute Gasteiger partial charge is 0.746 e. The fourth-order valence-corrected chi connectivity index (χ4v) is 13.7. The number of rotatable bonds is 18. The molecule has 3 aliphatic carbocycles. The largest absolute Gasteiger partial charge is 1.00 e. The Morgan fingerprint density at radius 2 is 1.44 bits per heavy atom. The summed E-state index contributed by atoms with van der Waals surface area (Å²) >= 11 is 0. The number of amides is 1. The number of ketones is 1. The second kappa shape index (κ2) is 26.1. The minimum absolute atomic E-state index is 0. The SMILES string of the molecule is CCOC(=O)O[C@@H](C(=O)O[C@H]1C[C@@]2(O)[C@@H](OC(=O)c3ccccc3)[C@@H]3[C@]4(OC(C)=O)CO[C@@H]4C[C@H](OC(=O)CC(C)(C)c4c(C)cc(C)cc4OP(=O)([O-])O)[C@@]3(C)C(=O)[C@H](OC(C)=O)C(=C1C)C2(C)C)[C@@H](NC(=O)c1ccccc1)c1ccccc1.[Na+]. The van der Waals surface area contributed by atoms with Gasteiger partial charge in [-0.2, -0.15) is 0 Å². The van der Waals surface area contributed by atoms with Gasteiger partial charge in [0, 0.05) is 48.6 Å². The van der Waals surface area contributed by atoms with Crippen molar-refractivity contribution in [3.63, 3.8) is 0 Å². The number of nitrogens with one attached hydrogen (secondary N) is 1. The first-order chi connectivity index (χ1) is 40.3. The second-order valence-corrected chi connectivity index (χ2v) is 24.8. The molecular weight excluding hydrogens is 1160 g/mol. The van der Waals surface area contributed by atoms with Gasteiger partial charge in [-0.1, -0.05) is 100 Å². The molecule has 2 saturated carbocycles. The van der Waals surface area contributed by atoms with E-state index in [1.54, 1.807) is 100 Å². The number of carbonyl (C=O) groups is 8. The number of ether oxygens (including phenoxy) is 8. The van der Waals surface area contributed by atoms with Crippen molar-refractivity contribution >= 4 is 55.5 Å². The molecule has 2 bridgehead atoms. The number of fused-ring (bicyclic) bond motifs is 5. The molecule has 1 aliphatic heterocycles. The van der Waals surface area contributed by atoms with Crippen molar-refractivity contribution in [2.75, 3.05) is 13.2 Å². The Hall–Kier alpha value is -6.75. The van der Waals surface area contributed by atoms with Crippen LogP contribution in [-0.2, 0) is 71.8 Å². The Morgan fingerprint density at radius 1 is 0.839 bits per heavy atom. The summed E-state index contributed by atoms with van der Waals surface area (Å²) in [5.74, 6) is -9.00. The van der Waals surface area contributed by atoms with E-state index in [9.17, 15) is 48.2 Å². The molecule has 87 heavy (non-hydrogen) atoms. The maximum absolute atomic E-state index is 16.6. The normalized spacial score (nSPS) is 26.7. The number of carbonyl (C=O) groups excluding carboxylic acids is 8. The fraction of sp³-hybridized carbons (Fsp3) is 0.460. The Bertz CT molecular complexity index is 3390. The molecule has 1 amide bonds. The number of hydrogen-bond acceptors (Lipinski definition) is 20. The molecule has 460 valence electrons. The van der Waals surface area contributed by atoms with E-state index in [4.69, 9.17) is 42.4 Å². The standard InChI is InChI=1S/C63H72NO21P.Na/c1-12-77-58(72)82-51(49(39-22-16-13-17-23-39)64-55(69)40-24-18-14-19-25-40)57(71)80-43-31-63(73)54(83-56(70)41-26-20-15-21-27-41)52-61(11,53(68)50(79-37(5)65)48(36(43)4)60(63,9)10)44(30-45-62(52,33-78-45)84-38(6)66)81-46(67)32-59(7,8)47-35(3)28-34(2)29-42(47)85-86(74,75)76;/h13-29,43-45,49-52,54,73H,12,30-33H2,1-11H3,(H,64,69)(H2,74,75,76);/q;+1/p-1/t43-,44-,45+,49-,50+,51+,52-,54-,61+,62-,63+;/m0./s1. The van der Waals surface area contributed by atoms with E-state index in [0.717, 1.165) is 13.8 Å². The molecule has 0 radical (unpaired) electrons. The van der Waals surface area contributed by atoms with E-state index >= 15 is 9.59 Å². The van der Waals surface area contributed by atoms with Crippen LogP contribution >= 0.6 is 7.82 Å². The maximum Gasteiger partial charge on any atom is 1.00 e. The number of esters is 5. The van der Waals surface area contributed by atoms with Gasteiger partial charge in [-0.05, 0) is 92.8 Å². The van der Waals surface area contributed by atoms with E-state index in [1.807, 2.05) is 0 Å². The summed E-state index contributed by atoms with van der Waals surface area (Å²) < 4.78 is 66.2. The Morgan fingerprint density at radius 3 is 1.99 bits per heavy atom. The minimum Gasteiger partial charge on any atom is -0.746 e. The summed E-state index contributed by atoms with van der Waals surface area (Å²) in [6, 6.07) is 25.2. The van der Waals surface area contributed by atoms with Crippen molar-refractivity contribution in [1.82, 2.24) is 5.32 Å². The maximum atomic E-state index is 16.6. The zero-order valence-corrected chi connectivity index (χ0v) is 53.5. The van der Waals surface area contributed by atoms with Crippen LogP contribution in [0.25, 0.3) is 0 Å². The molecule has 3 N–H and O–H groups in total. The third-order valence-electron chi connectivity index (χ3n) is 17.1. The first-order valence-electron chi connectivity index (χ1n) is 28.0. The van der Waals surface area contributed by atoms with Crippen molar-refractivity contribution in [3.8, 4) is 5.75 Å². The number of benzene rings is 4. The average molecular weight is 1230 g/mol. The zero-order chi connectivity index (χ0) is 63.1. The van der Waals surface area contributed by atoms with Crippen molar-refractivity contribution in [1.29, 1.82) is 0 Å². The number of Topliss-reactive ketones (excluding diaryl/α,β-unsaturated/α-hetero) is 1. The number of aryl methyl sites for hydroxylation is 2. The van der Waals surface area contributed by atoms with E-state index in [2.05, 4.69) is 5.32 Å². The van der Waals surface area contributed by atoms with Crippen LogP contribution in [0, 0.1) is 30.6 Å². The van der Waals surface area contributed by atoms with Crippen molar-refractivity contribution < 1.29 is 130 Å². The second-order valence-electron chi connectivity index (χ2n) is 23.7. The predicted octanol–water partition coefficient (Wildman–Crippen LogP) is 4.30. The van der Waals surface area contributed by atoms with Gasteiger partial charge < -0.3 is 62.6 Å². The van der Waals surface area contributed by atoms with Crippen LogP contribution < -0.4 is 44.3 Å². The molecule has 0 spiro atoms. The Kier molecular flexibility index (Phi) is 20.4. The zero-order valence-electron chi connectivity index (χ0n) is 50.6. The minimum atomic E-state index is -5.39. The molecule has 4 aromatic rings.